The highest BCUT2D eigenvalue weighted by Gasteiger charge is 2.36. The van der Waals surface area contributed by atoms with Crippen LogP contribution in [0.3, 0.4) is 0 Å². The predicted octanol–water partition coefficient (Wildman–Crippen LogP) is 3.76. The van der Waals surface area contributed by atoms with Crippen LogP contribution in [0.15, 0.2) is 12.7 Å². The number of nitrogens with one attached hydrogen (secondary N) is 1. The Bertz CT molecular complexity index is 196. The summed E-state index contributed by atoms with van der Waals surface area (Å²) in [5, 5.41) is 3.51. The first-order valence-corrected chi connectivity index (χ1v) is 6.40. The van der Waals surface area contributed by atoms with Crippen LogP contribution < -0.4 is 5.32 Å². The molecule has 0 aromatic heterocycles. The molecule has 1 aliphatic carbocycles. The van der Waals surface area contributed by atoms with Crippen LogP contribution >= 0.6 is 0 Å². The topological polar surface area (TPSA) is 12.0 Å². The summed E-state index contributed by atoms with van der Waals surface area (Å²) in [7, 11) is 2.11. The summed E-state index contributed by atoms with van der Waals surface area (Å²) in [4.78, 5) is 0. The molecule has 1 saturated carbocycles. The van der Waals surface area contributed by atoms with Gasteiger partial charge in [-0.15, -0.1) is 6.58 Å². The number of rotatable bonds is 5. The van der Waals surface area contributed by atoms with Crippen LogP contribution in [0.25, 0.3) is 0 Å². The summed E-state index contributed by atoms with van der Waals surface area (Å²) in [5.41, 5.74) is 0.521. The Kier molecular flexibility index (Phi) is 4.85. The molecule has 2 unspecified atom stereocenters. The van der Waals surface area contributed by atoms with Gasteiger partial charge in [0.25, 0.3) is 0 Å². The Hall–Kier alpha value is -0.300. The van der Waals surface area contributed by atoms with Crippen LogP contribution in [0, 0.1) is 11.3 Å². The van der Waals surface area contributed by atoms with E-state index in [0.717, 1.165) is 12.3 Å². The van der Waals surface area contributed by atoms with E-state index in [1.165, 1.54) is 32.1 Å². The first-order chi connectivity index (χ1) is 7.11. The first kappa shape index (κ1) is 12.8. The summed E-state index contributed by atoms with van der Waals surface area (Å²) in [6.45, 7) is 8.70. The molecule has 0 aromatic carbocycles. The summed E-state index contributed by atoms with van der Waals surface area (Å²) in [5.74, 6) is 0.844. The van der Waals surface area contributed by atoms with Crippen LogP contribution in [0.4, 0.5) is 0 Å². The quantitative estimate of drug-likeness (QED) is 0.680. The molecule has 1 N–H and O–H groups in total. The summed E-state index contributed by atoms with van der Waals surface area (Å²) in [6, 6.07) is 0.679. The molecule has 1 heteroatoms. The van der Waals surface area contributed by atoms with E-state index in [2.05, 4.69) is 32.8 Å². The summed E-state index contributed by atoms with van der Waals surface area (Å²) in [6.07, 6.45) is 10.0. The predicted molar refractivity (Wildman–Crippen MR) is 68.0 cm³/mol. The molecule has 1 fully saturated rings. The van der Waals surface area contributed by atoms with Gasteiger partial charge in [0.15, 0.2) is 0 Å². The largest absolute Gasteiger partial charge is 0.317 e. The van der Waals surface area contributed by atoms with E-state index in [4.69, 9.17) is 0 Å². The lowest BCUT2D eigenvalue weighted by Crippen LogP contribution is -2.43. The highest BCUT2D eigenvalue weighted by molar-refractivity contribution is 4.90. The molecular weight excluding hydrogens is 182 g/mol. The third-order valence-electron chi connectivity index (χ3n) is 4.13. The van der Waals surface area contributed by atoms with Gasteiger partial charge in [-0.3, -0.25) is 0 Å². The molecule has 0 saturated heterocycles. The SMILES string of the molecule is C=CCCC(NC)C1CCCCC1(C)C. The maximum Gasteiger partial charge on any atom is 0.0100 e. The van der Waals surface area contributed by atoms with E-state index in [0.29, 0.717) is 11.5 Å². The molecule has 88 valence electrons. The van der Waals surface area contributed by atoms with Crippen molar-refractivity contribution in [1.82, 2.24) is 5.32 Å². The van der Waals surface area contributed by atoms with Crippen molar-refractivity contribution in [2.45, 2.75) is 58.4 Å². The fourth-order valence-electron chi connectivity index (χ4n) is 3.11. The zero-order valence-electron chi connectivity index (χ0n) is 10.7. The van der Waals surface area contributed by atoms with Gasteiger partial charge in [-0.05, 0) is 44.1 Å². The third-order valence-corrected chi connectivity index (χ3v) is 4.13. The van der Waals surface area contributed by atoms with E-state index in [1.807, 2.05) is 6.08 Å². The molecule has 0 amide bonds. The Morgan fingerprint density at radius 3 is 2.73 bits per heavy atom. The maximum atomic E-state index is 3.82. The second-order valence-corrected chi connectivity index (χ2v) is 5.60. The van der Waals surface area contributed by atoms with Crippen molar-refractivity contribution in [1.29, 1.82) is 0 Å². The van der Waals surface area contributed by atoms with Gasteiger partial charge in [-0.2, -0.15) is 0 Å². The minimum Gasteiger partial charge on any atom is -0.317 e. The molecule has 0 heterocycles. The number of hydrogen-bond donors (Lipinski definition) is 1. The smallest absolute Gasteiger partial charge is 0.0100 e. The van der Waals surface area contributed by atoms with Crippen LogP contribution in [0.2, 0.25) is 0 Å². The highest BCUT2D eigenvalue weighted by Crippen LogP contribution is 2.43. The Balaban J connectivity index is 2.59. The van der Waals surface area contributed by atoms with Crippen LogP contribution in [-0.4, -0.2) is 13.1 Å². The number of allylic oxidation sites excluding steroid dienone is 1. The average molecular weight is 209 g/mol. The molecule has 2 atom stereocenters. The molecule has 0 aromatic rings. The van der Waals surface area contributed by atoms with Crippen molar-refractivity contribution >= 4 is 0 Å². The van der Waals surface area contributed by atoms with Crippen molar-refractivity contribution in [2.24, 2.45) is 11.3 Å². The summed E-state index contributed by atoms with van der Waals surface area (Å²) < 4.78 is 0. The Morgan fingerprint density at radius 1 is 1.47 bits per heavy atom. The molecule has 1 rings (SSSR count). The second kappa shape index (κ2) is 5.69. The van der Waals surface area contributed by atoms with E-state index in [9.17, 15) is 0 Å². The molecule has 0 radical (unpaired) electrons. The van der Waals surface area contributed by atoms with Gasteiger partial charge in [-0.1, -0.05) is 32.8 Å². The van der Waals surface area contributed by atoms with E-state index >= 15 is 0 Å². The Labute approximate surface area is 95.3 Å². The molecular formula is C14H27N. The first-order valence-electron chi connectivity index (χ1n) is 6.40. The van der Waals surface area contributed by atoms with Crippen molar-refractivity contribution < 1.29 is 0 Å². The standard InChI is InChI=1S/C14H27N/c1-5-6-10-13(15-4)12-9-7-8-11-14(12,2)3/h5,12-13,15H,1,6-11H2,2-4H3. The normalized spacial score (nSPS) is 27.3. The van der Waals surface area contributed by atoms with Crippen molar-refractivity contribution in [3.05, 3.63) is 12.7 Å². The van der Waals surface area contributed by atoms with Crippen molar-refractivity contribution in [3.63, 3.8) is 0 Å². The van der Waals surface area contributed by atoms with E-state index in [-0.39, 0.29) is 0 Å². The fourth-order valence-corrected chi connectivity index (χ4v) is 3.11. The van der Waals surface area contributed by atoms with Gasteiger partial charge in [0.1, 0.15) is 0 Å². The number of hydrogen-bond acceptors (Lipinski definition) is 1. The lowest BCUT2D eigenvalue weighted by molar-refractivity contribution is 0.0981. The third kappa shape index (κ3) is 3.34. The molecule has 0 spiro atoms. The molecule has 1 aliphatic rings. The highest BCUT2D eigenvalue weighted by atomic mass is 14.9. The van der Waals surface area contributed by atoms with Gasteiger partial charge < -0.3 is 5.32 Å². The van der Waals surface area contributed by atoms with Crippen molar-refractivity contribution in [3.8, 4) is 0 Å². The molecule has 0 aliphatic heterocycles. The average Bonchev–Trinajstić information content (AvgIpc) is 2.20. The van der Waals surface area contributed by atoms with Gasteiger partial charge in [0, 0.05) is 6.04 Å². The lowest BCUT2D eigenvalue weighted by Gasteiger charge is -2.43. The van der Waals surface area contributed by atoms with Crippen LogP contribution in [-0.2, 0) is 0 Å². The fraction of sp³-hybridized carbons (Fsp3) is 0.857. The Morgan fingerprint density at radius 2 is 2.20 bits per heavy atom. The van der Waals surface area contributed by atoms with Crippen LogP contribution in [0.1, 0.15) is 52.4 Å². The van der Waals surface area contributed by atoms with E-state index < -0.39 is 0 Å². The minimum atomic E-state index is 0.521. The molecule has 15 heavy (non-hydrogen) atoms. The maximum absolute atomic E-state index is 3.82. The van der Waals surface area contributed by atoms with Gasteiger partial charge in [0.05, 0.1) is 0 Å². The van der Waals surface area contributed by atoms with Crippen LogP contribution in [0.5, 0.6) is 0 Å². The monoisotopic (exact) mass is 209 g/mol. The molecule has 0 bridgehead atoms. The minimum absolute atomic E-state index is 0.521. The van der Waals surface area contributed by atoms with Crippen molar-refractivity contribution in [2.75, 3.05) is 7.05 Å². The molecule has 1 nitrogen and oxygen atoms in total. The van der Waals surface area contributed by atoms with E-state index in [1.54, 1.807) is 0 Å². The zero-order chi connectivity index (χ0) is 11.3. The van der Waals surface area contributed by atoms with Gasteiger partial charge in [-0.25, -0.2) is 0 Å². The lowest BCUT2D eigenvalue weighted by atomic mass is 9.65. The summed E-state index contributed by atoms with van der Waals surface area (Å²) >= 11 is 0. The second-order valence-electron chi connectivity index (χ2n) is 5.60. The van der Waals surface area contributed by atoms with Gasteiger partial charge in [0.2, 0.25) is 0 Å². The van der Waals surface area contributed by atoms with Gasteiger partial charge >= 0.3 is 0 Å². The zero-order valence-corrected chi connectivity index (χ0v) is 10.7.